The molecule has 1 N–H and O–H groups in total. The van der Waals surface area contributed by atoms with Crippen molar-refractivity contribution < 1.29 is 18.3 Å². The number of rotatable bonds is 7. The highest BCUT2D eigenvalue weighted by Gasteiger charge is 2.17. The fourth-order valence-electron chi connectivity index (χ4n) is 2.80. The smallest absolute Gasteiger partial charge is 0.387 e. The highest BCUT2D eigenvalue weighted by atomic mass is 127. The van der Waals surface area contributed by atoms with Gasteiger partial charge in [0.25, 0.3) is 0 Å². The molecule has 1 heterocycles. The number of nitrogens with zero attached hydrogens (tertiary/aromatic N) is 3. The number of aliphatic imine (C=N–C) groups is 1. The number of hydrogen-bond donors (Lipinski definition) is 1. The molecule has 1 aliphatic rings. The van der Waals surface area contributed by atoms with Crippen LogP contribution in [-0.4, -0.2) is 61.5 Å². The van der Waals surface area contributed by atoms with Crippen LogP contribution < -0.4 is 10.1 Å². The largest absolute Gasteiger partial charge is 0.435 e. The van der Waals surface area contributed by atoms with Gasteiger partial charge in [-0.3, -0.25) is 4.79 Å². The molecule has 0 radical (unpaired) electrons. The van der Waals surface area contributed by atoms with E-state index in [1.165, 1.54) is 12.1 Å². The average molecular weight is 496 g/mol. The lowest BCUT2D eigenvalue weighted by Crippen LogP contribution is -2.39. The van der Waals surface area contributed by atoms with E-state index < -0.39 is 6.61 Å². The zero-order valence-corrected chi connectivity index (χ0v) is 18.0. The summed E-state index contributed by atoms with van der Waals surface area (Å²) in [4.78, 5) is 20.3. The van der Waals surface area contributed by atoms with Gasteiger partial charge in [0, 0.05) is 33.2 Å². The number of hydrogen-bond acceptors (Lipinski definition) is 3. The second kappa shape index (κ2) is 11.9. The molecule has 6 nitrogen and oxygen atoms in total. The molecule has 2 rings (SSSR count). The molecule has 1 amide bonds. The van der Waals surface area contributed by atoms with Gasteiger partial charge in [-0.15, -0.1) is 24.0 Å². The maximum absolute atomic E-state index is 12.2. The molecule has 1 saturated heterocycles. The second-order valence-electron chi connectivity index (χ2n) is 6.14. The van der Waals surface area contributed by atoms with Crippen molar-refractivity contribution >= 4 is 35.8 Å². The molecular formula is C18H27F2IN4O2. The first-order valence-corrected chi connectivity index (χ1v) is 8.80. The van der Waals surface area contributed by atoms with E-state index in [1.54, 1.807) is 12.1 Å². The summed E-state index contributed by atoms with van der Waals surface area (Å²) in [6, 6.07) is 6.48. The van der Waals surface area contributed by atoms with Gasteiger partial charge < -0.3 is 19.9 Å². The number of alkyl halides is 2. The van der Waals surface area contributed by atoms with E-state index in [4.69, 9.17) is 0 Å². The lowest BCUT2D eigenvalue weighted by atomic mass is 10.2. The molecule has 1 aromatic rings. The Bertz CT molecular complexity index is 608. The van der Waals surface area contributed by atoms with Gasteiger partial charge in [0.05, 0.1) is 0 Å². The zero-order chi connectivity index (χ0) is 18.9. The van der Waals surface area contributed by atoms with Crippen molar-refractivity contribution in [3.8, 4) is 5.75 Å². The fourth-order valence-corrected chi connectivity index (χ4v) is 2.80. The Morgan fingerprint density at radius 2 is 1.93 bits per heavy atom. The number of amides is 1. The Kier molecular flexibility index (Phi) is 10.3. The SMILES string of the molecule is CCNC(=NCC(=O)N1CCCC1)N(C)Cc1ccc(OC(F)F)cc1.I. The first-order chi connectivity index (χ1) is 12.5. The molecule has 0 spiro atoms. The average Bonchev–Trinajstić information content (AvgIpc) is 3.14. The molecule has 0 atom stereocenters. The highest BCUT2D eigenvalue weighted by Crippen LogP contribution is 2.15. The van der Waals surface area contributed by atoms with E-state index in [9.17, 15) is 13.6 Å². The maximum atomic E-state index is 12.2. The standard InChI is InChI=1S/C18H26F2N4O2.HI/c1-3-21-18(22-12-16(25)24-10-4-5-11-24)23(2)13-14-6-8-15(9-7-14)26-17(19)20;/h6-9,17H,3-5,10-13H2,1-2H3,(H,21,22);1H. The summed E-state index contributed by atoms with van der Waals surface area (Å²) in [7, 11) is 1.87. The Hall–Kier alpha value is -1.65. The minimum Gasteiger partial charge on any atom is -0.435 e. The van der Waals surface area contributed by atoms with Gasteiger partial charge in [-0.1, -0.05) is 12.1 Å². The van der Waals surface area contributed by atoms with Crippen molar-refractivity contribution in [3.63, 3.8) is 0 Å². The van der Waals surface area contributed by atoms with Crippen LogP contribution in [0.1, 0.15) is 25.3 Å². The molecule has 1 fully saturated rings. The number of carbonyl (C=O) groups is 1. The number of guanidine groups is 1. The minimum absolute atomic E-state index is 0. The quantitative estimate of drug-likeness (QED) is 0.359. The summed E-state index contributed by atoms with van der Waals surface area (Å²) in [6.45, 7) is 2.09. The number of halogens is 3. The number of nitrogens with one attached hydrogen (secondary N) is 1. The van der Waals surface area contributed by atoms with Crippen molar-refractivity contribution in [2.75, 3.05) is 33.2 Å². The van der Waals surface area contributed by atoms with Crippen LogP contribution in [0.15, 0.2) is 29.3 Å². The van der Waals surface area contributed by atoms with Crippen LogP contribution >= 0.6 is 24.0 Å². The summed E-state index contributed by atoms with van der Waals surface area (Å²) in [5, 5.41) is 3.17. The molecular weight excluding hydrogens is 469 g/mol. The van der Waals surface area contributed by atoms with Crippen LogP contribution in [0.3, 0.4) is 0 Å². The van der Waals surface area contributed by atoms with E-state index in [2.05, 4.69) is 15.0 Å². The van der Waals surface area contributed by atoms with Gasteiger partial charge in [0.1, 0.15) is 12.3 Å². The Labute approximate surface area is 176 Å². The molecule has 27 heavy (non-hydrogen) atoms. The second-order valence-corrected chi connectivity index (χ2v) is 6.14. The highest BCUT2D eigenvalue weighted by molar-refractivity contribution is 14.0. The molecule has 9 heteroatoms. The number of carbonyl (C=O) groups excluding carboxylic acids is 1. The number of likely N-dealkylation sites (tertiary alicyclic amines) is 1. The Morgan fingerprint density at radius 3 is 2.48 bits per heavy atom. The predicted octanol–water partition coefficient (Wildman–Crippen LogP) is 2.93. The van der Waals surface area contributed by atoms with E-state index in [1.807, 2.05) is 23.8 Å². The maximum Gasteiger partial charge on any atom is 0.387 e. The normalized spacial score (nSPS) is 14.1. The van der Waals surface area contributed by atoms with Gasteiger partial charge in [-0.25, -0.2) is 4.99 Å². The summed E-state index contributed by atoms with van der Waals surface area (Å²) < 4.78 is 28.7. The summed E-state index contributed by atoms with van der Waals surface area (Å²) in [6.07, 6.45) is 2.11. The van der Waals surface area contributed by atoms with Crippen LogP contribution in [0.4, 0.5) is 8.78 Å². The molecule has 0 aromatic heterocycles. The van der Waals surface area contributed by atoms with Crippen molar-refractivity contribution in [1.29, 1.82) is 0 Å². The van der Waals surface area contributed by atoms with Crippen LogP contribution in [0.5, 0.6) is 5.75 Å². The topological polar surface area (TPSA) is 57.2 Å². The van der Waals surface area contributed by atoms with Crippen LogP contribution in [0.2, 0.25) is 0 Å². The van der Waals surface area contributed by atoms with E-state index >= 15 is 0 Å². The van der Waals surface area contributed by atoms with Crippen LogP contribution in [0.25, 0.3) is 0 Å². The van der Waals surface area contributed by atoms with Gasteiger partial charge in [0.15, 0.2) is 5.96 Å². The van der Waals surface area contributed by atoms with E-state index in [0.29, 0.717) is 19.0 Å². The number of ether oxygens (including phenoxy) is 1. The molecule has 0 bridgehead atoms. The predicted molar refractivity (Wildman–Crippen MR) is 112 cm³/mol. The molecule has 1 aromatic carbocycles. The fraction of sp³-hybridized carbons (Fsp3) is 0.556. The van der Waals surface area contributed by atoms with Gasteiger partial charge in [-0.05, 0) is 37.5 Å². The lowest BCUT2D eigenvalue weighted by Gasteiger charge is -2.22. The van der Waals surface area contributed by atoms with Gasteiger partial charge in [-0.2, -0.15) is 8.78 Å². The molecule has 0 unspecified atom stereocenters. The Morgan fingerprint density at radius 1 is 1.30 bits per heavy atom. The van der Waals surface area contributed by atoms with Crippen molar-refractivity contribution in [1.82, 2.24) is 15.1 Å². The first-order valence-electron chi connectivity index (χ1n) is 8.80. The zero-order valence-electron chi connectivity index (χ0n) is 15.7. The molecule has 0 aliphatic carbocycles. The Balaban J connectivity index is 0.00000364. The van der Waals surface area contributed by atoms with Crippen molar-refractivity contribution in [2.24, 2.45) is 4.99 Å². The summed E-state index contributed by atoms with van der Waals surface area (Å²) in [5.74, 6) is 0.802. The van der Waals surface area contributed by atoms with Crippen molar-refractivity contribution in [2.45, 2.75) is 32.9 Å². The summed E-state index contributed by atoms with van der Waals surface area (Å²) >= 11 is 0. The van der Waals surface area contributed by atoms with E-state index in [0.717, 1.165) is 31.5 Å². The van der Waals surface area contributed by atoms with E-state index in [-0.39, 0.29) is 42.2 Å². The lowest BCUT2D eigenvalue weighted by molar-refractivity contribution is -0.128. The van der Waals surface area contributed by atoms with Crippen LogP contribution in [-0.2, 0) is 11.3 Å². The molecule has 152 valence electrons. The monoisotopic (exact) mass is 496 g/mol. The minimum atomic E-state index is -2.83. The van der Waals surface area contributed by atoms with Crippen LogP contribution in [0, 0.1) is 0 Å². The van der Waals surface area contributed by atoms with Gasteiger partial charge in [0.2, 0.25) is 5.91 Å². The molecule has 1 aliphatic heterocycles. The first kappa shape index (κ1) is 23.4. The third-order valence-electron chi connectivity index (χ3n) is 4.09. The molecule has 0 saturated carbocycles. The van der Waals surface area contributed by atoms with Gasteiger partial charge >= 0.3 is 6.61 Å². The van der Waals surface area contributed by atoms with Crippen molar-refractivity contribution in [3.05, 3.63) is 29.8 Å². The summed E-state index contributed by atoms with van der Waals surface area (Å²) in [5.41, 5.74) is 0.922. The number of benzene rings is 1. The third kappa shape index (κ3) is 7.86. The third-order valence-corrected chi connectivity index (χ3v) is 4.09.